The van der Waals surface area contributed by atoms with Crippen LogP contribution >= 0.6 is 0 Å². The van der Waals surface area contributed by atoms with Gasteiger partial charge in [-0.2, -0.15) is 9.90 Å². The third-order valence-electron chi connectivity index (χ3n) is 5.10. The van der Waals surface area contributed by atoms with Crippen molar-refractivity contribution < 1.29 is 0 Å². The molecule has 0 radical (unpaired) electrons. The van der Waals surface area contributed by atoms with E-state index in [0.29, 0.717) is 5.69 Å². The van der Waals surface area contributed by atoms with Gasteiger partial charge in [0, 0.05) is 17.1 Å². The fourth-order valence-corrected chi connectivity index (χ4v) is 3.47. The summed E-state index contributed by atoms with van der Waals surface area (Å²) in [6.45, 7) is 7.97. The Bertz CT molecular complexity index is 1270. The molecule has 0 aliphatic heterocycles. The van der Waals surface area contributed by atoms with Gasteiger partial charge in [-0.3, -0.25) is 0 Å². The first-order valence-corrected chi connectivity index (χ1v) is 11.0. The van der Waals surface area contributed by atoms with Gasteiger partial charge in [0.05, 0.1) is 11.9 Å². The molecular formula is C30H26N4. The van der Waals surface area contributed by atoms with Crippen LogP contribution in [0, 0.1) is 0 Å². The summed E-state index contributed by atoms with van der Waals surface area (Å²) in [6.07, 6.45) is 13.2. The van der Waals surface area contributed by atoms with Crippen molar-refractivity contribution in [3.63, 3.8) is 0 Å². The van der Waals surface area contributed by atoms with Gasteiger partial charge < -0.3 is 4.90 Å². The van der Waals surface area contributed by atoms with Crippen molar-refractivity contribution in [3.05, 3.63) is 152 Å². The molecule has 0 atom stereocenters. The predicted octanol–water partition coefficient (Wildman–Crippen LogP) is 7.38. The highest BCUT2D eigenvalue weighted by atomic mass is 15.5. The number of anilines is 2. The van der Waals surface area contributed by atoms with E-state index in [4.69, 9.17) is 0 Å². The fourth-order valence-electron chi connectivity index (χ4n) is 3.47. The Hall–Kier alpha value is -4.70. The van der Waals surface area contributed by atoms with E-state index in [1.165, 1.54) is 0 Å². The molecule has 166 valence electrons. The van der Waals surface area contributed by atoms with Crippen LogP contribution in [-0.2, 0) is 0 Å². The minimum atomic E-state index is 0.714. The molecule has 0 bridgehead atoms. The summed E-state index contributed by atoms with van der Waals surface area (Å²) in [5.74, 6) is 0. The Morgan fingerprint density at radius 2 is 1.35 bits per heavy atom. The predicted molar refractivity (Wildman–Crippen MR) is 143 cm³/mol. The number of allylic oxidation sites excluding steroid dienone is 5. The number of benzene rings is 3. The Morgan fingerprint density at radius 3 is 1.91 bits per heavy atom. The van der Waals surface area contributed by atoms with Crippen molar-refractivity contribution in [2.75, 3.05) is 4.90 Å². The molecule has 1 aromatic heterocycles. The van der Waals surface area contributed by atoms with E-state index in [1.54, 1.807) is 17.1 Å². The zero-order chi connectivity index (χ0) is 23.6. The number of hydrogen-bond donors (Lipinski definition) is 0. The first-order chi connectivity index (χ1) is 16.8. The van der Waals surface area contributed by atoms with Crippen molar-refractivity contribution in [1.82, 2.24) is 15.0 Å². The second kappa shape index (κ2) is 11.2. The molecule has 4 aromatic rings. The lowest BCUT2D eigenvalue weighted by atomic mass is 10.2. The highest BCUT2D eigenvalue weighted by Crippen LogP contribution is 2.30. The fraction of sp³-hybridized carbons (Fsp3) is 0. The topological polar surface area (TPSA) is 34.0 Å². The largest absolute Gasteiger partial charge is 0.310 e. The van der Waals surface area contributed by atoms with Crippen molar-refractivity contribution >= 4 is 29.2 Å². The van der Waals surface area contributed by atoms with Crippen molar-refractivity contribution in [2.24, 2.45) is 0 Å². The highest BCUT2D eigenvalue weighted by molar-refractivity contribution is 5.74. The van der Waals surface area contributed by atoms with Crippen molar-refractivity contribution in [3.8, 4) is 0 Å². The monoisotopic (exact) mass is 442 g/mol. The van der Waals surface area contributed by atoms with Gasteiger partial charge in [-0.05, 0) is 54.1 Å². The quantitative estimate of drug-likeness (QED) is 0.254. The Morgan fingerprint density at radius 1 is 0.765 bits per heavy atom. The van der Waals surface area contributed by atoms with E-state index in [1.807, 2.05) is 85.0 Å². The van der Waals surface area contributed by atoms with Crippen LogP contribution in [0.4, 0.5) is 11.4 Å². The standard InChI is InChI=1S/C30H26N4/c1-3-27(22-14-17-25-15-8-5-9-16-25)34-31-24-26(32-34)23-28(4-2)33(29-18-10-6-11-19-29)30-20-12-7-13-21-30/h3-24H,1-2H2/b17-14+,27-22+,28-23+. The van der Waals surface area contributed by atoms with Crippen LogP contribution in [0.3, 0.4) is 0 Å². The highest BCUT2D eigenvalue weighted by Gasteiger charge is 2.13. The molecule has 0 saturated carbocycles. The number of nitrogens with zero attached hydrogens (tertiary/aromatic N) is 4. The van der Waals surface area contributed by atoms with Gasteiger partial charge in [0.1, 0.15) is 5.69 Å². The van der Waals surface area contributed by atoms with E-state index in [-0.39, 0.29) is 0 Å². The molecule has 0 aliphatic rings. The number of para-hydroxylation sites is 2. The second-order valence-corrected chi connectivity index (χ2v) is 7.40. The maximum Gasteiger partial charge on any atom is 0.108 e. The molecule has 0 saturated heterocycles. The van der Waals surface area contributed by atoms with Gasteiger partial charge in [-0.25, -0.2) is 0 Å². The van der Waals surface area contributed by atoms with E-state index in [0.717, 1.165) is 28.3 Å². The average Bonchev–Trinajstić information content (AvgIpc) is 3.36. The maximum atomic E-state index is 4.65. The molecule has 0 amide bonds. The lowest BCUT2D eigenvalue weighted by molar-refractivity contribution is 0.775. The van der Waals surface area contributed by atoms with Crippen LogP contribution in [0.5, 0.6) is 0 Å². The first kappa shape index (κ1) is 22.5. The summed E-state index contributed by atoms with van der Waals surface area (Å²) in [4.78, 5) is 3.71. The summed E-state index contributed by atoms with van der Waals surface area (Å²) in [7, 11) is 0. The molecule has 0 aliphatic carbocycles. The molecule has 0 spiro atoms. The Balaban J connectivity index is 1.64. The van der Waals surface area contributed by atoms with Gasteiger partial charge in [-0.15, -0.1) is 5.10 Å². The van der Waals surface area contributed by atoms with Gasteiger partial charge in [0.25, 0.3) is 0 Å². The molecule has 4 rings (SSSR count). The van der Waals surface area contributed by atoms with Crippen LogP contribution in [0.2, 0.25) is 0 Å². The summed E-state index contributed by atoms with van der Waals surface area (Å²) >= 11 is 0. The van der Waals surface area contributed by atoms with Gasteiger partial charge in [-0.1, -0.05) is 92.0 Å². The van der Waals surface area contributed by atoms with Crippen molar-refractivity contribution in [1.29, 1.82) is 0 Å². The van der Waals surface area contributed by atoms with E-state index < -0.39 is 0 Å². The molecule has 0 N–H and O–H groups in total. The lowest BCUT2D eigenvalue weighted by Gasteiger charge is -2.26. The second-order valence-electron chi connectivity index (χ2n) is 7.40. The SMILES string of the molecule is C=C/C(=C\c1cnn(/C(C=C)=C/C=C/c2ccccc2)n1)N(c1ccccc1)c1ccccc1. The van der Waals surface area contributed by atoms with Crippen LogP contribution in [0.25, 0.3) is 17.8 Å². The smallest absolute Gasteiger partial charge is 0.108 e. The van der Waals surface area contributed by atoms with Gasteiger partial charge in [0.15, 0.2) is 0 Å². The number of rotatable bonds is 9. The Labute approximate surface area is 200 Å². The molecule has 0 unspecified atom stereocenters. The van der Waals surface area contributed by atoms with Crippen molar-refractivity contribution in [2.45, 2.75) is 0 Å². The molecule has 1 heterocycles. The van der Waals surface area contributed by atoms with Crippen LogP contribution in [0.1, 0.15) is 11.3 Å². The third-order valence-corrected chi connectivity index (χ3v) is 5.10. The van der Waals surface area contributed by atoms with Crippen LogP contribution in [0.15, 0.2) is 140 Å². The zero-order valence-electron chi connectivity index (χ0n) is 18.9. The summed E-state index contributed by atoms with van der Waals surface area (Å²) in [6, 6.07) is 30.5. The lowest BCUT2D eigenvalue weighted by Crippen LogP contribution is -2.14. The molecule has 4 nitrogen and oxygen atoms in total. The maximum absolute atomic E-state index is 4.65. The first-order valence-electron chi connectivity index (χ1n) is 11.0. The van der Waals surface area contributed by atoms with E-state index >= 15 is 0 Å². The van der Waals surface area contributed by atoms with Gasteiger partial charge in [0.2, 0.25) is 0 Å². The zero-order valence-corrected chi connectivity index (χ0v) is 18.9. The summed E-state index contributed by atoms with van der Waals surface area (Å²) < 4.78 is 0. The molecular weight excluding hydrogens is 416 g/mol. The molecule has 4 heteroatoms. The summed E-state index contributed by atoms with van der Waals surface area (Å²) in [5, 5.41) is 9.09. The average molecular weight is 443 g/mol. The number of hydrogen-bond acceptors (Lipinski definition) is 3. The normalized spacial score (nSPS) is 12.0. The van der Waals surface area contributed by atoms with Crippen LogP contribution in [-0.4, -0.2) is 15.0 Å². The van der Waals surface area contributed by atoms with E-state index in [2.05, 4.69) is 64.7 Å². The molecule has 34 heavy (non-hydrogen) atoms. The van der Waals surface area contributed by atoms with Crippen LogP contribution < -0.4 is 4.90 Å². The molecule has 0 fully saturated rings. The van der Waals surface area contributed by atoms with Gasteiger partial charge >= 0.3 is 0 Å². The number of aromatic nitrogens is 3. The third kappa shape index (κ3) is 5.56. The summed E-state index contributed by atoms with van der Waals surface area (Å²) in [5.41, 5.74) is 5.56. The molecule has 3 aromatic carbocycles. The van der Waals surface area contributed by atoms with E-state index in [9.17, 15) is 0 Å². The minimum absolute atomic E-state index is 0.714. The Kier molecular flexibility index (Phi) is 7.44. The minimum Gasteiger partial charge on any atom is -0.310 e.